The third-order valence-corrected chi connectivity index (χ3v) is 6.09. The van der Waals surface area contributed by atoms with Gasteiger partial charge in [-0.05, 0) is 36.8 Å². The summed E-state index contributed by atoms with van der Waals surface area (Å²) in [7, 11) is 3.63. The van der Waals surface area contributed by atoms with Crippen LogP contribution in [0.25, 0.3) is 11.0 Å². The molecule has 0 bridgehead atoms. The third kappa shape index (κ3) is 3.58. The fourth-order valence-corrected chi connectivity index (χ4v) is 4.00. The van der Waals surface area contributed by atoms with Crippen molar-refractivity contribution in [2.24, 2.45) is 13.0 Å². The fraction of sp³-hybridized carbons (Fsp3) is 0.286. The molecule has 1 aromatic heterocycles. The van der Waals surface area contributed by atoms with Gasteiger partial charge in [0.05, 0.1) is 27.6 Å². The lowest BCUT2D eigenvalue weighted by atomic mass is 10.1. The summed E-state index contributed by atoms with van der Waals surface area (Å²) in [6.07, 6.45) is 0.463. The van der Waals surface area contributed by atoms with Gasteiger partial charge in [-0.2, -0.15) is 0 Å². The van der Waals surface area contributed by atoms with Crippen LogP contribution in [0.2, 0.25) is 10.0 Å². The number of amides is 2. The Morgan fingerprint density at radius 2 is 1.97 bits per heavy atom. The van der Waals surface area contributed by atoms with Gasteiger partial charge in [0.2, 0.25) is 11.8 Å². The highest BCUT2D eigenvalue weighted by atomic mass is 35.5. The fourth-order valence-electron chi connectivity index (χ4n) is 3.71. The number of carbonyl (C=O) groups excluding carboxylic acids is 2. The van der Waals surface area contributed by atoms with Crippen molar-refractivity contribution in [2.75, 3.05) is 18.5 Å². The van der Waals surface area contributed by atoms with Crippen molar-refractivity contribution in [3.63, 3.8) is 0 Å². The highest BCUT2D eigenvalue weighted by Gasteiger charge is 2.39. The summed E-state index contributed by atoms with van der Waals surface area (Å²) in [5, 5.41) is 0.808. The standard InChI is InChI=1S/C21H20Cl2N4O2/c1-25(12-19-24-17-5-3-4-6-18(17)26(19)2)20(28)14-9-10-27(21(14)29)13-7-8-15(22)16(23)11-13/h3-8,11,14H,9-10,12H2,1-2H3. The van der Waals surface area contributed by atoms with Crippen molar-refractivity contribution >= 4 is 51.7 Å². The Hall–Kier alpha value is -2.57. The van der Waals surface area contributed by atoms with Crippen LogP contribution in [0.4, 0.5) is 5.69 Å². The minimum absolute atomic E-state index is 0.204. The van der Waals surface area contributed by atoms with Gasteiger partial charge >= 0.3 is 0 Å². The molecule has 150 valence electrons. The van der Waals surface area contributed by atoms with Crippen LogP contribution in [0.5, 0.6) is 0 Å². The van der Waals surface area contributed by atoms with Crippen LogP contribution in [0.15, 0.2) is 42.5 Å². The van der Waals surface area contributed by atoms with Gasteiger partial charge < -0.3 is 14.4 Å². The number of carbonyl (C=O) groups is 2. The molecule has 0 radical (unpaired) electrons. The van der Waals surface area contributed by atoms with Crippen molar-refractivity contribution in [3.8, 4) is 0 Å². The Labute approximate surface area is 178 Å². The second-order valence-electron chi connectivity index (χ2n) is 7.20. The Bertz CT molecular complexity index is 1110. The van der Waals surface area contributed by atoms with Crippen molar-refractivity contribution in [1.82, 2.24) is 14.5 Å². The van der Waals surface area contributed by atoms with Gasteiger partial charge in [-0.3, -0.25) is 9.59 Å². The average molecular weight is 431 g/mol. The van der Waals surface area contributed by atoms with Gasteiger partial charge in [0, 0.05) is 26.3 Å². The van der Waals surface area contributed by atoms with Crippen LogP contribution in [0.1, 0.15) is 12.2 Å². The predicted octanol–water partition coefficient (Wildman–Crippen LogP) is 3.89. The monoisotopic (exact) mass is 430 g/mol. The van der Waals surface area contributed by atoms with Crippen molar-refractivity contribution < 1.29 is 9.59 Å². The highest BCUT2D eigenvalue weighted by Crippen LogP contribution is 2.31. The first-order valence-corrected chi connectivity index (χ1v) is 10.0. The maximum atomic E-state index is 13.0. The van der Waals surface area contributed by atoms with Crippen LogP contribution < -0.4 is 4.90 Å². The Morgan fingerprint density at radius 3 is 2.69 bits per heavy atom. The number of para-hydroxylation sites is 2. The molecule has 1 atom stereocenters. The van der Waals surface area contributed by atoms with Crippen LogP contribution in [0, 0.1) is 5.92 Å². The van der Waals surface area contributed by atoms with E-state index in [4.69, 9.17) is 23.2 Å². The lowest BCUT2D eigenvalue weighted by Crippen LogP contribution is -2.38. The maximum Gasteiger partial charge on any atom is 0.239 e. The molecule has 6 nitrogen and oxygen atoms in total. The van der Waals surface area contributed by atoms with E-state index < -0.39 is 5.92 Å². The van der Waals surface area contributed by atoms with Crippen molar-refractivity contribution in [1.29, 1.82) is 0 Å². The molecule has 3 aromatic rings. The highest BCUT2D eigenvalue weighted by molar-refractivity contribution is 6.42. The minimum atomic E-state index is -0.705. The lowest BCUT2D eigenvalue weighted by molar-refractivity contribution is -0.139. The number of rotatable bonds is 4. The summed E-state index contributed by atoms with van der Waals surface area (Å²) >= 11 is 12.0. The Morgan fingerprint density at radius 1 is 1.21 bits per heavy atom. The molecular formula is C21H20Cl2N4O2. The zero-order valence-electron chi connectivity index (χ0n) is 16.1. The molecule has 0 saturated carbocycles. The quantitative estimate of drug-likeness (QED) is 0.589. The van der Waals surface area contributed by atoms with Gasteiger partial charge in [0.25, 0.3) is 0 Å². The number of aromatic nitrogens is 2. The smallest absolute Gasteiger partial charge is 0.239 e. The third-order valence-electron chi connectivity index (χ3n) is 5.35. The number of nitrogens with zero attached hydrogens (tertiary/aromatic N) is 4. The van der Waals surface area contributed by atoms with E-state index in [1.165, 1.54) is 0 Å². The average Bonchev–Trinajstić information content (AvgIpc) is 3.24. The van der Waals surface area contributed by atoms with Crippen molar-refractivity contribution in [2.45, 2.75) is 13.0 Å². The molecule has 4 rings (SSSR count). The summed E-state index contributed by atoms with van der Waals surface area (Å²) in [5.74, 6) is -0.354. The van der Waals surface area contributed by atoms with E-state index in [2.05, 4.69) is 4.98 Å². The van der Waals surface area contributed by atoms with E-state index >= 15 is 0 Å². The first kappa shape index (κ1) is 19.7. The first-order chi connectivity index (χ1) is 13.9. The van der Waals surface area contributed by atoms with Crippen molar-refractivity contribution in [3.05, 3.63) is 58.3 Å². The summed E-state index contributed by atoms with van der Waals surface area (Å²) in [6.45, 7) is 0.800. The SMILES string of the molecule is CN(Cc1nc2ccccc2n1C)C(=O)C1CCN(c2ccc(Cl)c(Cl)c2)C1=O. The van der Waals surface area contributed by atoms with E-state index in [0.29, 0.717) is 35.2 Å². The number of hydrogen-bond donors (Lipinski definition) is 0. The number of aryl methyl sites for hydroxylation is 1. The second kappa shape index (κ2) is 7.69. The normalized spacial score (nSPS) is 16.6. The summed E-state index contributed by atoms with van der Waals surface area (Å²) in [5.41, 5.74) is 2.54. The summed E-state index contributed by atoms with van der Waals surface area (Å²) < 4.78 is 1.97. The number of hydrogen-bond acceptors (Lipinski definition) is 3. The van der Waals surface area contributed by atoms with E-state index in [-0.39, 0.29) is 11.8 Å². The molecule has 2 amide bonds. The van der Waals surface area contributed by atoms with E-state index in [1.807, 2.05) is 35.9 Å². The number of anilines is 1. The number of imidazole rings is 1. The Balaban J connectivity index is 1.49. The zero-order chi connectivity index (χ0) is 20.7. The van der Waals surface area contributed by atoms with Crippen LogP contribution >= 0.6 is 23.2 Å². The molecule has 1 fully saturated rings. The molecule has 0 spiro atoms. The topological polar surface area (TPSA) is 58.4 Å². The molecule has 0 N–H and O–H groups in total. The van der Waals surface area contributed by atoms with Gasteiger partial charge in [-0.25, -0.2) is 4.98 Å². The lowest BCUT2D eigenvalue weighted by Gasteiger charge is -2.21. The maximum absolute atomic E-state index is 13.0. The molecule has 2 aromatic carbocycles. The van der Waals surface area contributed by atoms with Crippen LogP contribution in [-0.2, 0) is 23.2 Å². The predicted molar refractivity (Wildman–Crippen MR) is 114 cm³/mol. The largest absolute Gasteiger partial charge is 0.338 e. The molecule has 1 unspecified atom stereocenters. The van der Waals surface area contributed by atoms with Gasteiger partial charge in [0.1, 0.15) is 11.7 Å². The molecule has 1 aliphatic heterocycles. The van der Waals surface area contributed by atoms with Gasteiger partial charge in [0.15, 0.2) is 0 Å². The van der Waals surface area contributed by atoms with E-state index in [0.717, 1.165) is 16.9 Å². The summed E-state index contributed by atoms with van der Waals surface area (Å²) in [6, 6.07) is 12.9. The zero-order valence-corrected chi connectivity index (χ0v) is 17.6. The molecular weight excluding hydrogens is 411 g/mol. The van der Waals surface area contributed by atoms with E-state index in [9.17, 15) is 9.59 Å². The van der Waals surface area contributed by atoms with Crippen LogP contribution in [0.3, 0.4) is 0 Å². The molecule has 0 aliphatic carbocycles. The summed E-state index contributed by atoms with van der Waals surface area (Å²) in [4.78, 5) is 33.6. The molecule has 1 saturated heterocycles. The van der Waals surface area contributed by atoms with E-state index in [1.54, 1.807) is 35.0 Å². The molecule has 1 aliphatic rings. The minimum Gasteiger partial charge on any atom is -0.338 e. The second-order valence-corrected chi connectivity index (χ2v) is 8.01. The van der Waals surface area contributed by atoms with Gasteiger partial charge in [-0.1, -0.05) is 35.3 Å². The molecule has 2 heterocycles. The molecule has 8 heteroatoms. The number of fused-ring (bicyclic) bond motifs is 1. The molecule has 29 heavy (non-hydrogen) atoms. The number of halogens is 2. The Kier molecular flexibility index (Phi) is 5.23. The first-order valence-electron chi connectivity index (χ1n) is 9.28. The number of benzene rings is 2. The van der Waals surface area contributed by atoms with Crippen LogP contribution in [-0.4, -0.2) is 39.9 Å². The van der Waals surface area contributed by atoms with Gasteiger partial charge in [-0.15, -0.1) is 0 Å².